The molecule has 2 aromatic heterocycles. The molecule has 0 aliphatic rings. The summed E-state index contributed by atoms with van der Waals surface area (Å²) >= 11 is 1.56. The maximum absolute atomic E-state index is 10.5. The highest BCUT2D eigenvalue weighted by Crippen LogP contribution is 2.29. The first kappa shape index (κ1) is 14.4. The van der Waals surface area contributed by atoms with Crippen LogP contribution in [-0.4, -0.2) is 35.6 Å². The van der Waals surface area contributed by atoms with Crippen molar-refractivity contribution in [3.63, 3.8) is 0 Å². The van der Waals surface area contributed by atoms with Gasteiger partial charge in [0.05, 0.1) is 12.0 Å². The number of hydrogen-bond acceptors (Lipinski definition) is 8. The molecule has 0 aliphatic heterocycles. The van der Waals surface area contributed by atoms with Crippen molar-refractivity contribution in [2.24, 2.45) is 11.6 Å². The summed E-state index contributed by atoms with van der Waals surface area (Å²) in [7, 11) is 0. The van der Waals surface area contributed by atoms with Crippen LogP contribution in [0.25, 0.3) is 10.2 Å². The Labute approximate surface area is 119 Å². The van der Waals surface area contributed by atoms with Crippen LogP contribution in [0.4, 0.5) is 11.8 Å². The number of carbonyl (C=O) groups is 1. The fourth-order valence-electron chi connectivity index (χ4n) is 1.66. The van der Waals surface area contributed by atoms with Gasteiger partial charge in [-0.25, -0.2) is 10.8 Å². The number of nitrogens with two attached hydrogens (primary N) is 2. The number of thiophene rings is 1. The van der Waals surface area contributed by atoms with Gasteiger partial charge in [-0.3, -0.25) is 10.2 Å². The van der Waals surface area contributed by atoms with Crippen molar-refractivity contribution >= 4 is 39.2 Å². The molecule has 0 fully saturated rings. The second kappa shape index (κ2) is 6.46. The van der Waals surface area contributed by atoms with E-state index >= 15 is 0 Å². The monoisotopic (exact) mass is 296 g/mol. The maximum Gasteiger partial charge on any atom is 0.243 e. The van der Waals surface area contributed by atoms with Crippen molar-refractivity contribution in [1.82, 2.24) is 9.97 Å². The van der Waals surface area contributed by atoms with Crippen LogP contribution in [0.2, 0.25) is 0 Å². The summed E-state index contributed by atoms with van der Waals surface area (Å²) in [5.41, 5.74) is 7.41. The number of amides is 1. The second-order valence-corrected chi connectivity index (χ2v) is 5.30. The van der Waals surface area contributed by atoms with E-state index in [1.165, 1.54) is 0 Å². The van der Waals surface area contributed by atoms with E-state index in [2.05, 4.69) is 20.7 Å². The molecule has 20 heavy (non-hydrogen) atoms. The van der Waals surface area contributed by atoms with E-state index in [4.69, 9.17) is 16.3 Å². The smallest absolute Gasteiger partial charge is 0.243 e. The molecular formula is C11H16N6O2S. The lowest BCUT2D eigenvalue weighted by Gasteiger charge is -2.08. The number of ether oxygens (including phenoxy) is 1. The minimum atomic E-state index is -0.488. The van der Waals surface area contributed by atoms with E-state index in [1.54, 1.807) is 11.3 Å². The molecule has 1 amide bonds. The van der Waals surface area contributed by atoms with E-state index in [0.717, 1.165) is 15.1 Å². The van der Waals surface area contributed by atoms with Gasteiger partial charge in [-0.2, -0.15) is 4.98 Å². The highest BCUT2D eigenvalue weighted by atomic mass is 32.1. The Balaban J connectivity index is 2.06. The highest BCUT2D eigenvalue weighted by molar-refractivity contribution is 7.18. The lowest BCUT2D eigenvalue weighted by atomic mass is 10.3. The number of fused-ring (bicyclic) bond motifs is 1. The van der Waals surface area contributed by atoms with Crippen LogP contribution in [0.5, 0.6) is 0 Å². The van der Waals surface area contributed by atoms with Crippen LogP contribution in [-0.2, 0) is 9.53 Å². The van der Waals surface area contributed by atoms with Gasteiger partial charge in [0.25, 0.3) is 0 Å². The zero-order valence-electron chi connectivity index (χ0n) is 11.0. The first-order chi connectivity index (χ1) is 9.60. The molecule has 2 rings (SSSR count). The molecule has 0 spiro atoms. The predicted molar refractivity (Wildman–Crippen MR) is 78.5 cm³/mol. The predicted octanol–water partition coefficient (Wildman–Crippen LogP) is 0.199. The topological polar surface area (TPSA) is 128 Å². The molecule has 2 heterocycles. The molecule has 0 bridgehead atoms. The van der Waals surface area contributed by atoms with Crippen molar-refractivity contribution < 1.29 is 9.53 Å². The fraction of sp³-hybridized carbons (Fsp3) is 0.364. The number of carbonyl (C=O) groups excluding carboxylic acids is 1. The van der Waals surface area contributed by atoms with E-state index in [0.29, 0.717) is 24.9 Å². The average molecular weight is 296 g/mol. The number of aryl methyl sites for hydroxylation is 1. The highest BCUT2D eigenvalue weighted by Gasteiger charge is 2.09. The summed E-state index contributed by atoms with van der Waals surface area (Å²) in [5, 5.41) is 4.06. The van der Waals surface area contributed by atoms with Crippen molar-refractivity contribution in [2.45, 2.75) is 6.92 Å². The molecule has 0 saturated carbocycles. The number of hydrazine groups is 1. The largest absolute Gasteiger partial charge is 0.370 e. The lowest BCUT2D eigenvalue weighted by Crippen LogP contribution is -2.21. The normalized spacial score (nSPS) is 10.7. The number of hydrogen-bond donors (Lipinski definition) is 4. The number of aromatic nitrogens is 2. The molecule has 0 unspecified atom stereocenters. The van der Waals surface area contributed by atoms with Gasteiger partial charge in [-0.15, -0.1) is 11.3 Å². The third-order valence-corrected chi connectivity index (χ3v) is 3.37. The van der Waals surface area contributed by atoms with Crippen molar-refractivity contribution in [3.05, 3.63) is 10.9 Å². The zero-order chi connectivity index (χ0) is 14.5. The summed E-state index contributed by atoms with van der Waals surface area (Å²) < 4.78 is 5.07. The van der Waals surface area contributed by atoms with Crippen LogP contribution in [0.1, 0.15) is 4.88 Å². The minimum Gasteiger partial charge on any atom is -0.370 e. The van der Waals surface area contributed by atoms with Crippen molar-refractivity contribution in [2.75, 3.05) is 30.5 Å². The Morgan fingerprint density at radius 3 is 3.00 bits per heavy atom. The van der Waals surface area contributed by atoms with Gasteiger partial charge in [0.15, 0.2) is 0 Å². The quantitative estimate of drug-likeness (QED) is 0.326. The number of rotatable bonds is 7. The molecule has 0 radical (unpaired) electrons. The Morgan fingerprint density at radius 2 is 2.30 bits per heavy atom. The Hall–Kier alpha value is -1.97. The van der Waals surface area contributed by atoms with E-state index in [1.807, 2.05) is 13.0 Å². The molecular weight excluding hydrogens is 280 g/mol. The van der Waals surface area contributed by atoms with E-state index < -0.39 is 5.91 Å². The van der Waals surface area contributed by atoms with Gasteiger partial charge in [0, 0.05) is 11.4 Å². The van der Waals surface area contributed by atoms with Gasteiger partial charge < -0.3 is 15.8 Å². The van der Waals surface area contributed by atoms with Gasteiger partial charge in [0.2, 0.25) is 11.9 Å². The number of primary amides is 1. The van der Waals surface area contributed by atoms with Crippen LogP contribution in [0.3, 0.4) is 0 Å². The van der Waals surface area contributed by atoms with E-state index in [-0.39, 0.29) is 6.61 Å². The Kier molecular flexibility index (Phi) is 4.66. The number of nitrogens with zero attached hydrogens (tertiary/aromatic N) is 2. The molecule has 8 nitrogen and oxygen atoms in total. The number of nitrogen functional groups attached to an aromatic ring is 1. The van der Waals surface area contributed by atoms with Crippen LogP contribution in [0, 0.1) is 6.92 Å². The Morgan fingerprint density at radius 1 is 1.50 bits per heavy atom. The second-order valence-electron chi connectivity index (χ2n) is 4.06. The van der Waals surface area contributed by atoms with Crippen LogP contribution in [0.15, 0.2) is 6.07 Å². The summed E-state index contributed by atoms with van der Waals surface area (Å²) in [6.07, 6.45) is 0. The zero-order valence-corrected chi connectivity index (χ0v) is 11.8. The van der Waals surface area contributed by atoms with E-state index in [9.17, 15) is 4.79 Å². The first-order valence-corrected chi connectivity index (χ1v) is 6.76. The van der Waals surface area contributed by atoms with Gasteiger partial charge in [-0.05, 0) is 13.0 Å². The summed E-state index contributed by atoms with van der Waals surface area (Å²) in [6.45, 7) is 2.76. The summed E-state index contributed by atoms with van der Waals surface area (Å²) in [5.74, 6) is 5.89. The summed E-state index contributed by atoms with van der Waals surface area (Å²) in [6, 6.07) is 2.01. The third-order valence-electron chi connectivity index (χ3n) is 2.43. The molecule has 0 saturated heterocycles. The summed E-state index contributed by atoms with van der Waals surface area (Å²) in [4.78, 5) is 21.1. The minimum absolute atomic E-state index is 0.0893. The lowest BCUT2D eigenvalue weighted by molar-refractivity contribution is -0.122. The first-order valence-electron chi connectivity index (χ1n) is 5.95. The molecule has 108 valence electrons. The molecule has 0 aliphatic carbocycles. The molecule has 0 atom stereocenters. The molecule has 9 heteroatoms. The fourth-order valence-corrected chi connectivity index (χ4v) is 2.54. The van der Waals surface area contributed by atoms with Crippen LogP contribution < -0.4 is 22.3 Å². The Bertz CT molecular complexity index is 614. The van der Waals surface area contributed by atoms with Crippen molar-refractivity contribution in [3.8, 4) is 0 Å². The van der Waals surface area contributed by atoms with Gasteiger partial charge >= 0.3 is 0 Å². The molecule has 0 aromatic carbocycles. The number of anilines is 2. The van der Waals surface area contributed by atoms with Gasteiger partial charge in [0.1, 0.15) is 17.3 Å². The van der Waals surface area contributed by atoms with Gasteiger partial charge in [-0.1, -0.05) is 0 Å². The van der Waals surface area contributed by atoms with Crippen LogP contribution >= 0.6 is 11.3 Å². The average Bonchev–Trinajstić information content (AvgIpc) is 2.78. The van der Waals surface area contributed by atoms with Crippen molar-refractivity contribution in [1.29, 1.82) is 0 Å². The third kappa shape index (κ3) is 3.53. The standard InChI is InChI=1S/C11H16N6O2S/c1-6-4-7-9(14-2-3-19-5-8(12)18)15-11(17-13)16-10(7)20-6/h4H,2-3,5,13H2,1H3,(H2,12,18)(H2,14,15,16,17). The number of nitrogens with one attached hydrogen (secondary N) is 2. The SMILES string of the molecule is Cc1cc2c(NCCOCC(N)=O)nc(NN)nc2s1. The molecule has 2 aromatic rings. The molecule has 6 N–H and O–H groups in total. The maximum atomic E-state index is 10.5.